The van der Waals surface area contributed by atoms with Crippen LogP contribution in [0.3, 0.4) is 0 Å². The van der Waals surface area contributed by atoms with Gasteiger partial charge in [-0.05, 0) is 36.2 Å². The van der Waals surface area contributed by atoms with E-state index >= 15 is 0 Å². The summed E-state index contributed by atoms with van der Waals surface area (Å²) in [6, 6.07) is 16.7. The van der Waals surface area contributed by atoms with Crippen molar-refractivity contribution in [3.05, 3.63) is 71.1 Å². The van der Waals surface area contributed by atoms with E-state index in [2.05, 4.69) is 10.1 Å². The molecule has 128 valence electrons. The van der Waals surface area contributed by atoms with Crippen molar-refractivity contribution >= 4 is 17.6 Å². The van der Waals surface area contributed by atoms with E-state index in [0.717, 1.165) is 11.1 Å². The van der Waals surface area contributed by atoms with Gasteiger partial charge in [0, 0.05) is 10.6 Å². The van der Waals surface area contributed by atoms with Crippen LogP contribution in [0, 0.1) is 0 Å². The van der Waals surface area contributed by atoms with E-state index in [9.17, 15) is 4.79 Å². The van der Waals surface area contributed by atoms with Gasteiger partial charge in [0.1, 0.15) is 0 Å². The van der Waals surface area contributed by atoms with Gasteiger partial charge in [0.25, 0.3) is 5.89 Å². The van der Waals surface area contributed by atoms with Crippen LogP contribution in [0.2, 0.25) is 5.02 Å². The summed E-state index contributed by atoms with van der Waals surface area (Å²) in [4.78, 5) is 16.6. The molecule has 0 bridgehead atoms. The van der Waals surface area contributed by atoms with Gasteiger partial charge in [-0.1, -0.05) is 54.0 Å². The lowest BCUT2D eigenvalue weighted by molar-refractivity contribution is -0.147. The van der Waals surface area contributed by atoms with Crippen LogP contribution >= 0.6 is 11.6 Å². The summed E-state index contributed by atoms with van der Waals surface area (Å²) in [5, 5.41) is 4.53. The first-order valence-electron chi connectivity index (χ1n) is 7.97. The highest BCUT2D eigenvalue weighted by Crippen LogP contribution is 2.22. The van der Waals surface area contributed by atoms with E-state index in [1.807, 2.05) is 37.3 Å². The topological polar surface area (TPSA) is 65.2 Å². The minimum atomic E-state index is -0.306. The Morgan fingerprint density at radius 1 is 1.16 bits per heavy atom. The number of nitrogens with zero attached hydrogens (tertiary/aromatic N) is 2. The number of rotatable bonds is 6. The van der Waals surface area contributed by atoms with Crippen molar-refractivity contribution in [2.24, 2.45) is 0 Å². The second kappa shape index (κ2) is 7.94. The van der Waals surface area contributed by atoms with Crippen LogP contribution in [0.15, 0.2) is 59.1 Å². The van der Waals surface area contributed by atoms with Gasteiger partial charge in [-0.25, -0.2) is 0 Å². The molecule has 0 amide bonds. The first kappa shape index (κ1) is 17.2. The summed E-state index contributed by atoms with van der Waals surface area (Å²) in [7, 11) is 0. The predicted molar refractivity (Wildman–Crippen MR) is 94.0 cm³/mol. The average Bonchev–Trinajstić information content (AvgIpc) is 3.11. The van der Waals surface area contributed by atoms with Gasteiger partial charge in [0.2, 0.25) is 5.82 Å². The number of hydrogen-bond acceptors (Lipinski definition) is 5. The molecule has 1 heterocycles. The molecule has 0 N–H and O–H groups in total. The normalized spacial score (nSPS) is 11.9. The van der Waals surface area contributed by atoms with Crippen LogP contribution < -0.4 is 0 Å². The van der Waals surface area contributed by atoms with Crippen molar-refractivity contribution in [1.82, 2.24) is 10.1 Å². The molecule has 0 saturated carbocycles. The lowest BCUT2D eigenvalue weighted by Gasteiger charge is -2.13. The van der Waals surface area contributed by atoms with Gasteiger partial charge < -0.3 is 9.26 Å². The fourth-order valence-corrected chi connectivity index (χ4v) is 2.61. The van der Waals surface area contributed by atoms with Crippen molar-refractivity contribution in [3.63, 3.8) is 0 Å². The smallest absolute Gasteiger partial charge is 0.313 e. The van der Waals surface area contributed by atoms with Gasteiger partial charge in [0.05, 0.1) is 5.92 Å². The predicted octanol–water partition coefficient (Wildman–Crippen LogP) is 4.63. The van der Waals surface area contributed by atoms with Gasteiger partial charge in [-0.15, -0.1) is 0 Å². The molecule has 3 rings (SSSR count). The lowest BCUT2D eigenvalue weighted by atomic mass is 9.97. The number of esters is 1. The zero-order valence-corrected chi connectivity index (χ0v) is 14.4. The van der Waals surface area contributed by atoms with E-state index in [4.69, 9.17) is 20.9 Å². The van der Waals surface area contributed by atoms with Crippen molar-refractivity contribution in [2.75, 3.05) is 0 Å². The fourth-order valence-electron chi connectivity index (χ4n) is 2.49. The summed E-state index contributed by atoms with van der Waals surface area (Å²) < 4.78 is 10.5. The third-order valence-electron chi connectivity index (χ3n) is 3.80. The van der Waals surface area contributed by atoms with Crippen LogP contribution in [0.4, 0.5) is 0 Å². The highest BCUT2D eigenvalue weighted by Gasteiger charge is 2.21. The Morgan fingerprint density at radius 2 is 1.88 bits per heavy atom. The summed E-state index contributed by atoms with van der Waals surface area (Å²) in [5.41, 5.74) is 1.71. The van der Waals surface area contributed by atoms with Crippen LogP contribution in [0.5, 0.6) is 0 Å². The Bertz CT molecular complexity index is 831. The first-order valence-corrected chi connectivity index (χ1v) is 8.35. The highest BCUT2D eigenvalue weighted by atomic mass is 35.5. The Kier molecular flexibility index (Phi) is 5.46. The SMILES string of the molecule is CC[C@@H](C(=O)OCc1nc(-c2ccc(Cl)cc2)no1)c1ccccc1. The maximum atomic E-state index is 12.3. The van der Waals surface area contributed by atoms with E-state index < -0.39 is 0 Å². The highest BCUT2D eigenvalue weighted by molar-refractivity contribution is 6.30. The molecule has 0 aliphatic rings. The van der Waals surface area contributed by atoms with E-state index in [1.54, 1.807) is 24.3 Å². The maximum absolute atomic E-state index is 12.3. The van der Waals surface area contributed by atoms with Crippen LogP contribution in [-0.2, 0) is 16.1 Å². The molecule has 1 aromatic heterocycles. The third-order valence-corrected chi connectivity index (χ3v) is 4.06. The minimum Gasteiger partial charge on any atom is -0.455 e. The zero-order valence-electron chi connectivity index (χ0n) is 13.7. The molecule has 2 aromatic carbocycles. The van der Waals surface area contributed by atoms with E-state index in [1.165, 1.54) is 0 Å². The van der Waals surface area contributed by atoms with Crippen molar-refractivity contribution in [2.45, 2.75) is 25.9 Å². The number of benzene rings is 2. The molecule has 0 unspecified atom stereocenters. The fraction of sp³-hybridized carbons (Fsp3) is 0.211. The Hall–Kier alpha value is -2.66. The molecular weight excluding hydrogens is 340 g/mol. The van der Waals surface area contributed by atoms with Crippen LogP contribution in [-0.4, -0.2) is 16.1 Å². The molecule has 0 fully saturated rings. The number of halogens is 1. The van der Waals surface area contributed by atoms with Crippen molar-refractivity contribution in [3.8, 4) is 11.4 Å². The monoisotopic (exact) mass is 356 g/mol. The number of hydrogen-bond donors (Lipinski definition) is 0. The van der Waals surface area contributed by atoms with Gasteiger partial charge in [-0.3, -0.25) is 4.79 Å². The van der Waals surface area contributed by atoms with Gasteiger partial charge in [-0.2, -0.15) is 4.98 Å². The molecule has 0 spiro atoms. The molecule has 1 atom stereocenters. The summed E-state index contributed by atoms with van der Waals surface area (Å²) in [6.07, 6.45) is 0.655. The average molecular weight is 357 g/mol. The number of aromatic nitrogens is 2. The number of ether oxygens (including phenoxy) is 1. The quantitative estimate of drug-likeness (QED) is 0.602. The second-order valence-electron chi connectivity index (χ2n) is 5.50. The molecule has 0 saturated heterocycles. The molecule has 3 aromatic rings. The van der Waals surface area contributed by atoms with Crippen LogP contribution in [0.25, 0.3) is 11.4 Å². The lowest BCUT2D eigenvalue weighted by Crippen LogP contribution is -2.15. The summed E-state index contributed by atoms with van der Waals surface area (Å²) in [6.45, 7) is 1.90. The molecule has 0 radical (unpaired) electrons. The number of carbonyl (C=O) groups excluding carboxylic acids is 1. The van der Waals surface area contributed by atoms with Crippen molar-refractivity contribution < 1.29 is 14.1 Å². The molecule has 5 nitrogen and oxygen atoms in total. The third kappa shape index (κ3) is 4.25. The zero-order chi connectivity index (χ0) is 17.6. The standard InChI is InChI=1S/C19H17ClN2O3/c1-2-16(13-6-4-3-5-7-13)19(23)24-12-17-21-18(22-25-17)14-8-10-15(20)11-9-14/h3-11,16H,2,12H2,1H3/t16-/m1/s1. The second-order valence-corrected chi connectivity index (χ2v) is 5.93. The van der Waals surface area contributed by atoms with Crippen molar-refractivity contribution in [1.29, 1.82) is 0 Å². The van der Waals surface area contributed by atoms with Gasteiger partial charge in [0.15, 0.2) is 6.61 Å². The Balaban J connectivity index is 1.63. The maximum Gasteiger partial charge on any atom is 0.313 e. The molecular formula is C19H17ClN2O3. The van der Waals surface area contributed by atoms with Crippen LogP contribution in [0.1, 0.15) is 30.7 Å². The molecule has 6 heteroatoms. The Morgan fingerprint density at radius 3 is 2.56 bits per heavy atom. The van der Waals surface area contributed by atoms with Gasteiger partial charge >= 0.3 is 5.97 Å². The summed E-state index contributed by atoms with van der Waals surface area (Å²) >= 11 is 5.86. The molecule has 0 aliphatic carbocycles. The first-order chi connectivity index (χ1) is 12.2. The summed E-state index contributed by atoms with van der Waals surface area (Å²) in [5.74, 6) is 0.0684. The Labute approximate surface area is 150 Å². The van der Waals surface area contributed by atoms with E-state index in [0.29, 0.717) is 17.3 Å². The number of carbonyl (C=O) groups is 1. The largest absolute Gasteiger partial charge is 0.455 e. The van der Waals surface area contributed by atoms with E-state index in [-0.39, 0.29) is 24.4 Å². The molecule has 0 aliphatic heterocycles. The minimum absolute atomic E-state index is 0.0528. The molecule has 25 heavy (non-hydrogen) atoms.